The second-order valence-corrected chi connectivity index (χ2v) is 1.95. The molecule has 0 saturated heterocycles. The van der Waals surface area contributed by atoms with Crippen molar-refractivity contribution in [2.75, 3.05) is 11.1 Å². The highest BCUT2D eigenvalue weighted by atomic mass is 79.9. The normalized spacial score (nSPS) is 7.40. The molecular formula is C2H4BrOS+. The number of halogens is 1. The topological polar surface area (TPSA) is 17.1 Å². The Balaban J connectivity index is 2.40. The molecule has 0 aliphatic carbocycles. The van der Waals surface area contributed by atoms with Crippen LogP contribution in [-0.2, 0) is 15.9 Å². The Morgan fingerprint density at radius 1 is 1.80 bits per heavy atom. The lowest BCUT2D eigenvalue weighted by atomic mass is 11.0. The Morgan fingerprint density at radius 2 is 2.40 bits per heavy atom. The van der Waals surface area contributed by atoms with Crippen molar-refractivity contribution in [1.29, 1.82) is 0 Å². The average molecular weight is 156 g/mol. The molecule has 0 heterocycles. The Bertz CT molecular complexity index is 30.8. The highest BCUT2D eigenvalue weighted by Crippen LogP contribution is 1.73. The van der Waals surface area contributed by atoms with Crippen LogP contribution in [0.2, 0.25) is 0 Å². The van der Waals surface area contributed by atoms with E-state index in [1.54, 1.807) is 0 Å². The molecule has 0 aromatic heterocycles. The molecule has 0 aliphatic heterocycles. The van der Waals surface area contributed by atoms with Crippen molar-refractivity contribution in [3.8, 4) is 0 Å². The molecule has 1 nitrogen and oxygen atoms in total. The summed E-state index contributed by atoms with van der Waals surface area (Å²) in [6, 6.07) is 0. The summed E-state index contributed by atoms with van der Waals surface area (Å²) in [4.78, 5) is 0. The van der Waals surface area contributed by atoms with Crippen LogP contribution in [0.25, 0.3) is 0 Å². The van der Waals surface area contributed by atoms with Gasteiger partial charge in [0.15, 0.2) is 0 Å². The molecule has 0 rings (SSSR count). The molecular weight excluding hydrogens is 152 g/mol. The van der Waals surface area contributed by atoms with Gasteiger partial charge < -0.3 is 0 Å². The smallest absolute Gasteiger partial charge is 0.0868 e. The van der Waals surface area contributed by atoms with Gasteiger partial charge in [-0.3, -0.25) is 0 Å². The van der Waals surface area contributed by atoms with Crippen molar-refractivity contribution in [1.82, 2.24) is 0 Å². The lowest BCUT2D eigenvalue weighted by Crippen LogP contribution is -1.75. The zero-order valence-electron chi connectivity index (χ0n) is 2.61. The molecule has 0 aromatic rings. The van der Waals surface area contributed by atoms with Crippen molar-refractivity contribution in [3.05, 3.63) is 0 Å². The first-order valence-corrected chi connectivity index (χ1v) is 3.25. The summed E-state index contributed by atoms with van der Waals surface area (Å²) < 4.78 is 9.42. The van der Waals surface area contributed by atoms with E-state index in [4.69, 9.17) is 0 Å². The van der Waals surface area contributed by atoms with Gasteiger partial charge in [-0.2, -0.15) is 0 Å². The fraction of sp³-hybridized carbons (Fsp3) is 1.00. The van der Waals surface area contributed by atoms with E-state index in [9.17, 15) is 4.21 Å². The van der Waals surface area contributed by atoms with Crippen molar-refractivity contribution < 1.29 is 4.21 Å². The van der Waals surface area contributed by atoms with Crippen LogP contribution in [0.1, 0.15) is 0 Å². The zero-order valence-corrected chi connectivity index (χ0v) is 5.01. The SMILES string of the molecule is O=[S+]CCBr. The van der Waals surface area contributed by atoms with Crippen LogP contribution in [0, 0.1) is 0 Å². The van der Waals surface area contributed by atoms with E-state index in [0.717, 1.165) is 5.33 Å². The summed E-state index contributed by atoms with van der Waals surface area (Å²) in [5.41, 5.74) is 0. The van der Waals surface area contributed by atoms with Crippen molar-refractivity contribution in [2.45, 2.75) is 0 Å². The van der Waals surface area contributed by atoms with Gasteiger partial charge in [0, 0.05) is 4.21 Å². The molecule has 0 aromatic carbocycles. The second kappa shape index (κ2) is 4.50. The largest absolute Gasteiger partial charge is 0.459 e. The molecule has 0 unspecified atom stereocenters. The minimum absolute atomic E-state index is 0.605. The molecule has 0 saturated carbocycles. The van der Waals surface area contributed by atoms with Gasteiger partial charge in [0.1, 0.15) is 0 Å². The molecule has 5 heavy (non-hydrogen) atoms. The number of hydrogen-bond donors (Lipinski definition) is 0. The van der Waals surface area contributed by atoms with Crippen LogP contribution in [0.4, 0.5) is 0 Å². The molecule has 0 radical (unpaired) electrons. The summed E-state index contributed by atoms with van der Waals surface area (Å²) in [6.07, 6.45) is 0. The summed E-state index contributed by atoms with van der Waals surface area (Å²) >= 11 is 3.69. The minimum atomic E-state index is 0.605. The molecule has 0 amide bonds. The second-order valence-electron chi connectivity index (χ2n) is 0.511. The molecule has 0 spiro atoms. The van der Waals surface area contributed by atoms with Gasteiger partial charge >= 0.3 is 11.7 Å². The standard InChI is InChI=1S/C2H4BrOS/c3-1-2-5-4/h1-2H2/q+1. The van der Waals surface area contributed by atoms with E-state index in [1.807, 2.05) is 0 Å². The third-order valence-electron chi connectivity index (χ3n) is 0.160. The maximum absolute atomic E-state index is 9.42. The third kappa shape index (κ3) is 4.50. The minimum Gasteiger partial charge on any atom is -0.0868 e. The quantitative estimate of drug-likeness (QED) is 0.427. The van der Waals surface area contributed by atoms with Gasteiger partial charge in [-0.05, 0) is 0 Å². The Labute approximate surface area is 43.4 Å². The van der Waals surface area contributed by atoms with Gasteiger partial charge in [-0.15, -0.1) is 0 Å². The van der Waals surface area contributed by atoms with E-state index < -0.39 is 0 Å². The maximum Gasteiger partial charge on any atom is 0.459 e. The maximum atomic E-state index is 9.42. The van der Waals surface area contributed by atoms with Crippen molar-refractivity contribution >= 4 is 27.6 Å². The molecule has 0 bridgehead atoms. The Kier molecular flexibility index (Phi) is 4.95. The summed E-state index contributed by atoms with van der Waals surface area (Å²) in [7, 11) is 0. The van der Waals surface area contributed by atoms with Gasteiger partial charge in [-0.1, -0.05) is 15.9 Å². The first-order valence-electron chi connectivity index (χ1n) is 1.22. The number of hydrogen-bond acceptors (Lipinski definition) is 1. The monoisotopic (exact) mass is 155 g/mol. The molecule has 0 N–H and O–H groups in total. The van der Waals surface area contributed by atoms with Crippen LogP contribution in [0.5, 0.6) is 0 Å². The first kappa shape index (κ1) is 5.50. The lowest BCUT2D eigenvalue weighted by Gasteiger charge is -1.51. The number of alkyl halides is 1. The van der Waals surface area contributed by atoms with E-state index in [-0.39, 0.29) is 0 Å². The average Bonchev–Trinajstić information content (AvgIpc) is 1.41. The number of rotatable bonds is 2. The highest BCUT2D eigenvalue weighted by molar-refractivity contribution is 9.09. The van der Waals surface area contributed by atoms with E-state index >= 15 is 0 Å². The van der Waals surface area contributed by atoms with Crippen LogP contribution >= 0.6 is 15.9 Å². The molecule has 0 atom stereocenters. The van der Waals surface area contributed by atoms with Gasteiger partial charge in [0.25, 0.3) is 0 Å². The lowest BCUT2D eigenvalue weighted by molar-refractivity contribution is 0.605. The fourth-order valence-corrected chi connectivity index (χ4v) is 0.491. The summed E-state index contributed by atoms with van der Waals surface area (Å²) in [6.45, 7) is 0. The van der Waals surface area contributed by atoms with Crippen LogP contribution in [-0.4, -0.2) is 11.1 Å². The Hall–Kier alpha value is 0.500. The van der Waals surface area contributed by atoms with Crippen molar-refractivity contribution in [2.24, 2.45) is 0 Å². The van der Waals surface area contributed by atoms with Gasteiger partial charge in [0.2, 0.25) is 5.75 Å². The van der Waals surface area contributed by atoms with Crippen LogP contribution in [0.15, 0.2) is 0 Å². The van der Waals surface area contributed by atoms with Crippen molar-refractivity contribution in [3.63, 3.8) is 0 Å². The van der Waals surface area contributed by atoms with E-state index in [0.29, 0.717) is 17.4 Å². The molecule has 30 valence electrons. The van der Waals surface area contributed by atoms with Crippen LogP contribution in [0.3, 0.4) is 0 Å². The van der Waals surface area contributed by atoms with Gasteiger partial charge in [-0.25, -0.2) is 0 Å². The molecule has 0 aliphatic rings. The van der Waals surface area contributed by atoms with E-state index in [1.165, 1.54) is 0 Å². The predicted octanol–water partition coefficient (Wildman–Crippen LogP) is 0.809. The first-order chi connectivity index (χ1) is 2.41. The van der Waals surface area contributed by atoms with Gasteiger partial charge in [0.05, 0.1) is 5.33 Å². The predicted molar refractivity (Wildman–Crippen MR) is 26.7 cm³/mol. The zero-order chi connectivity index (χ0) is 4.12. The Morgan fingerprint density at radius 3 is 2.40 bits per heavy atom. The third-order valence-corrected chi connectivity index (χ3v) is 1.45. The van der Waals surface area contributed by atoms with Crippen LogP contribution < -0.4 is 0 Å². The highest BCUT2D eigenvalue weighted by Gasteiger charge is 1.88. The summed E-state index contributed by atoms with van der Waals surface area (Å²) in [5, 5.41) is 0.807. The molecule has 3 heteroatoms. The fourth-order valence-electron chi connectivity index (χ4n) is 0.0315. The molecule has 0 fully saturated rings. The van der Waals surface area contributed by atoms with E-state index in [2.05, 4.69) is 15.9 Å². The summed E-state index contributed by atoms with van der Waals surface area (Å²) in [5.74, 6) is 0.667.